The monoisotopic (exact) mass is 412 g/mol. The molecule has 0 bridgehead atoms. The lowest BCUT2D eigenvalue weighted by Crippen LogP contribution is -2.81. The molecule has 0 spiro atoms. The zero-order valence-electron chi connectivity index (χ0n) is 14.5. The van der Waals surface area contributed by atoms with Gasteiger partial charge in [0.25, 0.3) is 0 Å². The first-order chi connectivity index (χ1) is 12.8. The Morgan fingerprint density at radius 3 is 2.41 bits per heavy atom. The molecular formula is C17H20N2O6S2. The summed E-state index contributed by atoms with van der Waals surface area (Å²) in [4.78, 5) is 49.5. The van der Waals surface area contributed by atoms with E-state index in [9.17, 15) is 24.3 Å². The Bertz CT molecular complexity index is 744. The van der Waals surface area contributed by atoms with E-state index in [1.54, 1.807) is 36.6 Å². The number of rotatable bonds is 9. The number of carbonyl (C=O) groups is 4. The molecule has 27 heavy (non-hydrogen) atoms. The van der Waals surface area contributed by atoms with Gasteiger partial charge in [0.1, 0.15) is 0 Å². The molecule has 2 rings (SSSR count). The number of Topliss-reactive ketones (excluding diaryl/α,β-unsaturated/α-hetero) is 1. The number of carbonyl (C=O) groups excluding carboxylic acids is 2. The van der Waals surface area contributed by atoms with E-state index in [0.717, 1.165) is 21.3 Å². The molecule has 0 saturated carbocycles. The molecule has 1 aromatic rings. The lowest BCUT2D eigenvalue weighted by molar-refractivity contribution is -0.183. The van der Waals surface area contributed by atoms with E-state index < -0.39 is 47.7 Å². The normalized spacial score (nSPS) is 22.8. The number of nitrogens with two attached hydrogens (primary N) is 1. The van der Waals surface area contributed by atoms with Gasteiger partial charge in [0.15, 0.2) is 5.78 Å². The van der Waals surface area contributed by atoms with Crippen LogP contribution in [-0.2, 0) is 25.6 Å². The Kier molecular flexibility index (Phi) is 6.90. The number of nitrogens with zero attached hydrogens (tertiary/aromatic N) is 1. The van der Waals surface area contributed by atoms with Crippen molar-refractivity contribution in [2.75, 3.05) is 12.0 Å². The van der Waals surface area contributed by atoms with E-state index in [1.807, 2.05) is 0 Å². The van der Waals surface area contributed by atoms with Crippen molar-refractivity contribution in [1.29, 1.82) is 0 Å². The van der Waals surface area contributed by atoms with Gasteiger partial charge in [-0.3, -0.25) is 14.4 Å². The molecule has 1 aliphatic heterocycles. The maximum Gasteiger partial charge on any atom is 0.338 e. The van der Waals surface area contributed by atoms with Crippen molar-refractivity contribution in [3.63, 3.8) is 0 Å². The average Bonchev–Trinajstić information content (AvgIpc) is 2.62. The van der Waals surface area contributed by atoms with Gasteiger partial charge in [-0.25, -0.2) is 4.79 Å². The fourth-order valence-corrected chi connectivity index (χ4v) is 4.64. The Balaban J connectivity index is 2.38. The molecule has 8 nitrogen and oxygen atoms in total. The van der Waals surface area contributed by atoms with Crippen LogP contribution in [0.5, 0.6) is 0 Å². The van der Waals surface area contributed by atoms with Crippen molar-refractivity contribution in [1.82, 2.24) is 4.90 Å². The highest BCUT2D eigenvalue weighted by Crippen LogP contribution is 2.40. The number of hydrogen-bond donors (Lipinski definition) is 3. The van der Waals surface area contributed by atoms with Gasteiger partial charge < -0.3 is 20.8 Å². The quantitative estimate of drug-likeness (QED) is 0.394. The summed E-state index contributed by atoms with van der Waals surface area (Å²) in [6.07, 6.45) is 1.23. The van der Waals surface area contributed by atoms with Gasteiger partial charge in [0.05, 0.1) is 18.5 Å². The van der Waals surface area contributed by atoms with Crippen LogP contribution in [0.25, 0.3) is 0 Å². The predicted molar refractivity (Wildman–Crippen MR) is 102 cm³/mol. The molecule has 0 radical (unpaired) electrons. The average molecular weight is 412 g/mol. The topological polar surface area (TPSA) is 138 Å². The van der Waals surface area contributed by atoms with Crippen LogP contribution in [0.4, 0.5) is 0 Å². The number of hydrogen-bond acceptors (Lipinski definition) is 7. The fourth-order valence-electron chi connectivity index (χ4n) is 3.08. The summed E-state index contributed by atoms with van der Waals surface area (Å²) in [5.41, 5.74) is 4.42. The minimum absolute atomic E-state index is 0.140. The molecule has 1 saturated heterocycles. The van der Waals surface area contributed by atoms with Crippen molar-refractivity contribution < 1.29 is 29.4 Å². The zero-order valence-corrected chi connectivity index (χ0v) is 16.2. The summed E-state index contributed by atoms with van der Waals surface area (Å²) >= 11 is 0. The van der Waals surface area contributed by atoms with Crippen LogP contribution in [0.15, 0.2) is 30.3 Å². The SMILES string of the molecule is CSSCC1(C(=O)O)C(=O)[C@H](Cc2ccccc2)N1C(=O)[C@@H](N)CC(=O)O. The maximum absolute atomic E-state index is 12.8. The summed E-state index contributed by atoms with van der Waals surface area (Å²) in [6, 6.07) is 6.47. The summed E-state index contributed by atoms with van der Waals surface area (Å²) in [6.45, 7) is 0. The van der Waals surface area contributed by atoms with E-state index in [0.29, 0.717) is 0 Å². The summed E-state index contributed by atoms with van der Waals surface area (Å²) in [5, 5.41) is 18.7. The predicted octanol–water partition coefficient (Wildman–Crippen LogP) is 0.646. The molecule has 1 heterocycles. The highest BCUT2D eigenvalue weighted by molar-refractivity contribution is 8.76. The number of likely N-dealkylation sites (tertiary alicyclic amines) is 1. The Labute approximate surface area is 163 Å². The van der Waals surface area contributed by atoms with Crippen molar-refractivity contribution in [3.05, 3.63) is 35.9 Å². The molecule has 1 aliphatic rings. The van der Waals surface area contributed by atoms with Crippen LogP contribution in [0, 0.1) is 0 Å². The van der Waals surface area contributed by atoms with Crippen molar-refractivity contribution in [3.8, 4) is 0 Å². The molecule has 1 aromatic carbocycles. The number of aliphatic carboxylic acids is 2. The number of carboxylic acids is 2. The zero-order chi connectivity index (χ0) is 20.2. The molecule has 10 heteroatoms. The summed E-state index contributed by atoms with van der Waals surface area (Å²) in [7, 11) is 2.42. The third-order valence-electron chi connectivity index (χ3n) is 4.39. The molecule has 3 atom stereocenters. The van der Waals surface area contributed by atoms with Crippen molar-refractivity contribution in [2.45, 2.75) is 30.5 Å². The second-order valence-corrected chi connectivity index (χ2v) is 8.64. The third kappa shape index (κ3) is 4.12. The van der Waals surface area contributed by atoms with Crippen LogP contribution in [0.2, 0.25) is 0 Å². The Morgan fingerprint density at radius 1 is 1.26 bits per heavy atom. The first-order valence-electron chi connectivity index (χ1n) is 8.03. The van der Waals surface area contributed by atoms with Crippen LogP contribution in [0.1, 0.15) is 12.0 Å². The molecule has 0 aromatic heterocycles. The van der Waals surface area contributed by atoms with Crippen LogP contribution < -0.4 is 5.73 Å². The van der Waals surface area contributed by atoms with Crippen molar-refractivity contribution >= 4 is 45.2 Å². The number of amides is 1. The van der Waals surface area contributed by atoms with Gasteiger partial charge in [0.2, 0.25) is 11.4 Å². The highest BCUT2D eigenvalue weighted by Gasteiger charge is 2.67. The highest BCUT2D eigenvalue weighted by atomic mass is 33.1. The molecular weight excluding hydrogens is 392 g/mol. The maximum atomic E-state index is 12.8. The third-order valence-corrected chi connectivity index (χ3v) is 6.23. The second-order valence-electron chi connectivity index (χ2n) is 6.08. The lowest BCUT2D eigenvalue weighted by Gasteiger charge is -2.54. The van der Waals surface area contributed by atoms with E-state index in [1.165, 1.54) is 10.8 Å². The van der Waals surface area contributed by atoms with Crippen molar-refractivity contribution in [2.24, 2.45) is 5.73 Å². The number of carboxylic acid groups (broad SMARTS) is 2. The summed E-state index contributed by atoms with van der Waals surface area (Å²) < 4.78 is 0. The van der Waals surface area contributed by atoms with E-state index in [-0.39, 0.29) is 12.2 Å². The standard InChI is InChI=1S/C17H20N2O6S2/c1-26-27-9-17(16(24)25)14(22)12(7-10-5-3-2-4-6-10)19(17)15(23)11(18)8-13(20)21/h2-6,11-12H,7-9,18H2,1H3,(H,20,21)(H,24,25)/t11-,12-,17?/m0/s1. The number of ketones is 1. The van der Waals surface area contributed by atoms with E-state index >= 15 is 0 Å². The number of benzene rings is 1. The van der Waals surface area contributed by atoms with Gasteiger partial charge in [-0.15, -0.1) is 0 Å². The molecule has 4 N–H and O–H groups in total. The molecule has 1 amide bonds. The smallest absolute Gasteiger partial charge is 0.338 e. The Morgan fingerprint density at radius 2 is 1.89 bits per heavy atom. The largest absolute Gasteiger partial charge is 0.481 e. The van der Waals surface area contributed by atoms with Gasteiger partial charge in [-0.05, 0) is 11.8 Å². The van der Waals surface area contributed by atoms with E-state index in [2.05, 4.69) is 0 Å². The second kappa shape index (κ2) is 8.77. The molecule has 1 unspecified atom stereocenters. The molecule has 1 fully saturated rings. The van der Waals surface area contributed by atoms with Crippen LogP contribution in [-0.4, -0.2) is 68.4 Å². The van der Waals surface area contributed by atoms with Gasteiger partial charge >= 0.3 is 11.9 Å². The minimum atomic E-state index is -2.03. The Hall–Kier alpha value is -2.04. The van der Waals surface area contributed by atoms with Gasteiger partial charge in [0, 0.05) is 12.2 Å². The molecule has 0 aliphatic carbocycles. The summed E-state index contributed by atoms with van der Waals surface area (Å²) in [5.74, 6) is -4.27. The van der Waals surface area contributed by atoms with Crippen LogP contribution >= 0.6 is 21.6 Å². The first kappa shape index (κ1) is 21.3. The lowest BCUT2D eigenvalue weighted by atomic mass is 9.75. The van der Waals surface area contributed by atoms with Gasteiger partial charge in [-0.1, -0.05) is 51.9 Å². The van der Waals surface area contributed by atoms with E-state index in [4.69, 9.17) is 10.8 Å². The van der Waals surface area contributed by atoms with Gasteiger partial charge in [-0.2, -0.15) is 0 Å². The first-order valence-corrected chi connectivity index (χ1v) is 10.8. The fraction of sp³-hybridized carbons (Fsp3) is 0.412. The van der Waals surface area contributed by atoms with Crippen LogP contribution in [0.3, 0.4) is 0 Å². The minimum Gasteiger partial charge on any atom is -0.481 e. The molecule has 146 valence electrons.